The maximum Gasteiger partial charge on any atom is 0.253 e. The van der Waals surface area contributed by atoms with E-state index in [0.29, 0.717) is 17.7 Å². The van der Waals surface area contributed by atoms with Crippen LogP contribution in [-0.4, -0.2) is 35.5 Å². The third kappa shape index (κ3) is 2.97. The van der Waals surface area contributed by atoms with E-state index in [-0.39, 0.29) is 17.7 Å². The molecule has 0 bridgehead atoms. The van der Waals surface area contributed by atoms with E-state index in [0.717, 1.165) is 0 Å². The number of aromatic hydroxyl groups is 1. The summed E-state index contributed by atoms with van der Waals surface area (Å²) in [6, 6.07) is 4.77. The van der Waals surface area contributed by atoms with Gasteiger partial charge in [-0.2, -0.15) is 0 Å². The van der Waals surface area contributed by atoms with Gasteiger partial charge in [-0.05, 0) is 37.6 Å². The van der Waals surface area contributed by atoms with Crippen LogP contribution in [0.1, 0.15) is 22.8 Å². The van der Waals surface area contributed by atoms with Crippen molar-refractivity contribution >= 4 is 5.91 Å². The molecule has 0 spiro atoms. The molecule has 0 heterocycles. The first-order valence-corrected chi connectivity index (χ1v) is 5.22. The summed E-state index contributed by atoms with van der Waals surface area (Å²) in [5, 5.41) is 9.36. The second-order valence-electron chi connectivity index (χ2n) is 4.16. The number of hydrogen-bond acceptors (Lipinski definition) is 3. The molecule has 1 unspecified atom stereocenters. The summed E-state index contributed by atoms with van der Waals surface area (Å²) in [6.07, 6.45) is 0. The van der Waals surface area contributed by atoms with Crippen LogP contribution in [-0.2, 0) is 0 Å². The van der Waals surface area contributed by atoms with Crippen LogP contribution < -0.4 is 5.73 Å². The minimum atomic E-state index is -0.0830. The molecule has 1 aromatic carbocycles. The summed E-state index contributed by atoms with van der Waals surface area (Å²) in [4.78, 5) is 13.5. The van der Waals surface area contributed by atoms with Gasteiger partial charge in [0.25, 0.3) is 5.91 Å². The average molecular weight is 222 g/mol. The van der Waals surface area contributed by atoms with Crippen LogP contribution in [0, 0.1) is 6.92 Å². The summed E-state index contributed by atoms with van der Waals surface area (Å²) >= 11 is 0. The van der Waals surface area contributed by atoms with E-state index in [4.69, 9.17) is 5.73 Å². The molecule has 16 heavy (non-hydrogen) atoms. The van der Waals surface area contributed by atoms with Crippen molar-refractivity contribution in [2.75, 3.05) is 13.6 Å². The number of likely N-dealkylation sites (N-methyl/N-ethyl adjacent to an activating group) is 1. The lowest BCUT2D eigenvalue weighted by molar-refractivity contribution is 0.0788. The van der Waals surface area contributed by atoms with E-state index in [2.05, 4.69) is 0 Å². The molecule has 0 aliphatic heterocycles. The quantitative estimate of drug-likeness (QED) is 0.805. The van der Waals surface area contributed by atoms with Crippen LogP contribution >= 0.6 is 0 Å². The highest BCUT2D eigenvalue weighted by molar-refractivity contribution is 5.94. The van der Waals surface area contributed by atoms with Gasteiger partial charge < -0.3 is 15.7 Å². The van der Waals surface area contributed by atoms with Crippen molar-refractivity contribution in [3.8, 4) is 5.75 Å². The Labute approximate surface area is 95.7 Å². The second kappa shape index (κ2) is 4.99. The van der Waals surface area contributed by atoms with Crippen molar-refractivity contribution in [2.24, 2.45) is 5.73 Å². The lowest BCUT2D eigenvalue weighted by Gasteiger charge is -2.19. The van der Waals surface area contributed by atoms with Crippen molar-refractivity contribution < 1.29 is 9.90 Å². The highest BCUT2D eigenvalue weighted by Gasteiger charge is 2.13. The van der Waals surface area contributed by atoms with Crippen molar-refractivity contribution in [3.05, 3.63) is 29.3 Å². The maximum atomic E-state index is 11.9. The topological polar surface area (TPSA) is 66.6 Å². The number of carbonyl (C=O) groups is 1. The molecule has 3 N–H and O–H groups in total. The normalized spacial score (nSPS) is 12.2. The number of phenolic OH excluding ortho intramolecular Hbond substituents is 1. The van der Waals surface area contributed by atoms with Crippen LogP contribution in [0.3, 0.4) is 0 Å². The molecule has 1 rings (SSSR count). The van der Waals surface area contributed by atoms with Gasteiger partial charge in [0.2, 0.25) is 0 Å². The first-order valence-electron chi connectivity index (χ1n) is 5.22. The summed E-state index contributed by atoms with van der Waals surface area (Å²) in [7, 11) is 1.72. The molecule has 0 saturated carbocycles. The molecular weight excluding hydrogens is 204 g/mol. The Bertz CT molecular complexity index is 389. The number of amides is 1. The molecule has 0 aromatic heterocycles. The summed E-state index contributed by atoms with van der Waals surface area (Å²) < 4.78 is 0. The zero-order valence-corrected chi connectivity index (χ0v) is 9.90. The van der Waals surface area contributed by atoms with E-state index >= 15 is 0 Å². The van der Waals surface area contributed by atoms with Gasteiger partial charge in [-0.1, -0.05) is 0 Å². The maximum absolute atomic E-state index is 11.9. The fourth-order valence-electron chi connectivity index (χ4n) is 1.52. The number of phenols is 1. The van der Waals surface area contributed by atoms with Crippen LogP contribution in [0.2, 0.25) is 0 Å². The predicted octanol–water partition coefficient (Wildman–Crippen LogP) is 1.12. The zero-order valence-electron chi connectivity index (χ0n) is 9.90. The fourth-order valence-corrected chi connectivity index (χ4v) is 1.52. The fraction of sp³-hybridized carbons (Fsp3) is 0.417. The number of aryl methyl sites for hydroxylation is 1. The number of benzene rings is 1. The molecule has 0 saturated heterocycles. The first-order chi connectivity index (χ1) is 7.41. The van der Waals surface area contributed by atoms with Crippen molar-refractivity contribution in [1.29, 1.82) is 0 Å². The van der Waals surface area contributed by atoms with Crippen LogP contribution in [0.15, 0.2) is 18.2 Å². The van der Waals surface area contributed by atoms with Crippen molar-refractivity contribution in [1.82, 2.24) is 4.90 Å². The van der Waals surface area contributed by atoms with Gasteiger partial charge in [0, 0.05) is 25.2 Å². The number of carbonyl (C=O) groups excluding carboxylic acids is 1. The number of rotatable bonds is 3. The van der Waals surface area contributed by atoms with Gasteiger partial charge >= 0.3 is 0 Å². The molecule has 0 radical (unpaired) electrons. The van der Waals surface area contributed by atoms with E-state index in [1.165, 1.54) is 6.07 Å². The minimum absolute atomic E-state index is 0.0489. The molecule has 1 atom stereocenters. The van der Waals surface area contributed by atoms with E-state index in [9.17, 15) is 9.90 Å². The third-order valence-corrected chi connectivity index (χ3v) is 2.35. The lowest BCUT2D eigenvalue weighted by Crippen LogP contribution is -2.36. The van der Waals surface area contributed by atoms with E-state index in [1.807, 2.05) is 6.92 Å². The van der Waals surface area contributed by atoms with Gasteiger partial charge in [-0.25, -0.2) is 0 Å². The Kier molecular flexibility index (Phi) is 3.90. The largest absolute Gasteiger partial charge is 0.508 e. The highest BCUT2D eigenvalue weighted by atomic mass is 16.3. The molecule has 4 heteroatoms. The Morgan fingerprint density at radius 1 is 1.56 bits per heavy atom. The van der Waals surface area contributed by atoms with Gasteiger partial charge in [-0.3, -0.25) is 4.79 Å². The van der Waals surface area contributed by atoms with Crippen LogP contribution in [0.25, 0.3) is 0 Å². The van der Waals surface area contributed by atoms with Crippen molar-refractivity contribution in [3.63, 3.8) is 0 Å². The Morgan fingerprint density at radius 3 is 2.69 bits per heavy atom. The highest BCUT2D eigenvalue weighted by Crippen LogP contribution is 2.17. The standard InChI is InChI=1S/C12H18N2O2/c1-8-6-10(4-5-11(8)15)12(16)14(3)7-9(2)13/h4-6,9,15H,7,13H2,1-3H3. The Balaban J connectivity index is 2.84. The van der Waals surface area contributed by atoms with Crippen molar-refractivity contribution in [2.45, 2.75) is 19.9 Å². The van der Waals surface area contributed by atoms with Crippen LogP contribution in [0.4, 0.5) is 0 Å². The van der Waals surface area contributed by atoms with Gasteiger partial charge in [0.05, 0.1) is 0 Å². The summed E-state index contributed by atoms with van der Waals surface area (Å²) in [6.45, 7) is 4.13. The number of hydrogen-bond donors (Lipinski definition) is 2. The molecule has 88 valence electrons. The monoisotopic (exact) mass is 222 g/mol. The van der Waals surface area contributed by atoms with Gasteiger partial charge in [-0.15, -0.1) is 0 Å². The Morgan fingerprint density at radius 2 is 2.19 bits per heavy atom. The lowest BCUT2D eigenvalue weighted by atomic mass is 10.1. The summed E-state index contributed by atoms with van der Waals surface area (Å²) in [5.74, 6) is 0.117. The first kappa shape index (κ1) is 12.5. The molecule has 0 aliphatic carbocycles. The minimum Gasteiger partial charge on any atom is -0.508 e. The Hall–Kier alpha value is -1.55. The zero-order chi connectivity index (χ0) is 12.3. The number of nitrogens with zero attached hydrogens (tertiary/aromatic N) is 1. The molecule has 1 amide bonds. The van der Waals surface area contributed by atoms with E-state index in [1.54, 1.807) is 31.0 Å². The predicted molar refractivity (Wildman–Crippen MR) is 63.5 cm³/mol. The smallest absolute Gasteiger partial charge is 0.253 e. The molecule has 1 aromatic rings. The van der Waals surface area contributed by atoms with Crippen LogP contribution in [0.5, 0.6) is 5.75 Å². The molecular formula is C12H18N2O2. The second-order valence-corrected chi connectivity index (χ2v) is 4.16. The number of nitrogens with two attached hydrogens (primary N) is 1. The molecule has 0 aliphatic rings. The third-order valence-electron chi connectivity index (χ3n) is 2.35. The molecule has 0 fully saturated rings. The molecule has 4 nitrogen and oxygen atoms in total. The average Bonchev–Trinajstić information content (AvgIpc) is 2.20. The van der Waals surface area contributed by atoms with Gasteiger partial charge in [0.15, 0.2) is 0 Å². The summed E-state index contributed by atoms with van der Waals surface area (Å²) in [5.41, 5.74) is 6.89. The van der Waals surface area contributed by atoms with E-state index < -0.39 is 0 Å². The SMILES string of the molecule is Cc1cc(C(=O)N(C)CC(C)N)ccc1O. The van der Waals surface area contributed by atoms with Gasteiger partial charge in [0.1, 0.15) is 5.75 Å².